The van der Waals surface area contributed by atoms with Crippen LogP contribution >= 0.6 is 0 Å². The molecule has 33 heavy (non-hydrogen) atoms. The van der Waals surface area contributed by atoms with E-state index in [0.717, 1.165) is 18.4 Å². The molecule has 0 aromatic heterocycles. The Balaban J connectivity index is 1.72. The van der Waals surface area contributed by atoms with Crippen LogP contribution in [0.1, 0.15) is 51.5 Å². The van der Waals surface area contributed by atoms with Crippen molar-refractivity contribution in [2.75, 3.05) is 26.4 Å². The number of carboxylic acid groups (broad SMARTS) is 1. The molecule has 0 saturated carbocycles. The van der Waals surface area contributed by atoms with E-state index in [1.807, 2.05) is 30.3 Å². The summed E-state index contributed by atoms with van der Waals surface area (Å²) in [6.07, 6.45) is 3.95. The lowest BCUT2D eigenvalue weighted by Crippen LogP contribution is -2.63. The van der Waals surface area contributed by atoms with Crippen molar-refractivity contribution in [2.24, 2.45) is 5.41 Å². The molecule has 0 aliphatic carbocycles. The minimum absolute atomic E-state index is 0.252. The number of nitrogens with zero attached hydrogens (tertiary/aromatic N) is 1. The van der Waals surface area contributed by atoms with Gasteiger partial charge in [0.15, 0.2) is 0 Å². The smallest absolute Gasteiger partial charge is 0.327 e. The Kier molecular flexibility index (Phi) is 8.86. The summed E-state index contributed by atoms with van der Waals surface area (Å²) in [5, 5.41) is 13.2. The van der Waals surface area contributed by atoms with Gasteiger partial charge in [-0.3, -0.25) is 14.9 Å². The molecule has 2 heterocycles. The van der Waals surface area contributed by atoms with Crippen molar-refractivity contribution in [3.05, 3.63) is 35.9 Å². The number of aryl methyl sites for hydroxylation is 1. The number of amides is 1. The number of carboxylic acids is 1. The average molecular weight is 461 g/mol. The Morgan fingerprint density at radius 2 is 1.91 bits per heavy atom. The summed E-state index contributed by atoms with van der Waals surface area (Å²) in [4.78, 5) is 39.9. The SMILES string of the molecule is CCOC(=O)[C@H](CCc1ccccc1)NC(C)C(=O)N1CCCC2(CCOCC2)[C@H]1C(=O)O. The molecule has 1 amide bonds. The second-order valence-corrected chi connectivity index (χ2v) is 9.07. The third-order valence-electron chi connectivity index (χ3n) is 6.93. The molecule has 2 aliphatic rings. The van der Waals surface area contributed by atoms with Crippen LogP contribution in [-0.4, -0.2) is 72.3 Å². The number of carbonyl (C=O) groups excluding carboxylic acids is 2. The van der Waals surface area contributed by atoms with E-state index in [-0.39, 0.29) is 12.5 Å². The predicted molar refractivity (Wildman–Crippen MR) is 123 cm³/mol. The van der Waals surface area contributed by atoms with Gasteiger partial charge in [0.2, 0.25) is 5.91 Å². The summed E-state index contributed by atoms with van der Waals surface area (Å²) >= 11 is 0. The van der Waals surface area contributed by atoms with Crippen molar-refractivity contribution in [1.29, 1.82) is 0 Å². The number of carbonyl (C=O) groups is 3. The van der Waals surface area contributed by atoms with Gasteiger partial charge in [0, 0.05) is 25.2 Å². The van der Waals surface area contributed by atoms with Gasteiger partial charge in [0.25, 0.3) is 0 Å². The maximum atomic E-state index is 13.4. The van der Waals surface area contributed by atoms with E-state index in [4.69, 9.17) is 9.47 Å². The Labute approximate surface area is 195 Å². The highest BCUT2D eigenvalue weighted by Gasteiger charge is 2.51. The number of nitrogens with one attached hydrogen (secondary N) is 1. The molecule has 3 rings (SSSR count). The van der Waals surface area contributed by atoms with Crippen LogP contribution in [0.2, 0.25) is 0 Å². The number of hydrogen-bond acceptors (Lipinski definition) is 6. The highest BCUT2D eigenvalue weighted by Crippen LogP contribution is 2.44. The van der Waals surface area contributed by atoms with Crippen LogP contribution in [0.15, 0.2) is 30.3 Å². The zero-order valence-corrected chi connectivity index (χ0v) is 19.6. The van der Waals surface area contributed by atoms with Crippen LogP contribution in [0.4, 0.5) is 0 Å². The first-order valence-corrected chi connectivity index (χ1v) is 12.0. The van der Waals surface area contributed by atoms with Crippen LogP contribution in [0, 0.1) is 5.41 Å². The largest absolute Gasteiger partial charge is 0.480 e. The van der Waals surface area contributed by atoms with Gasteiger partial charge in [-0.1, -0.05) is 30.3 Å². The molecule has 1 aromatic carbocycles. The first-order chi connectivity index (χ1) is 15.9. The second-order valence-electron chi connectivity index (χ2n) is 9.07. The Bertz CT molecular complexity index is 803. The molecule has 0 bridgehead atoms. The van der Waals surface area contributed by atoms with Crippen molar-refractivity contribution < 1.29 is 29.0 Å². The summed E-state index contributed by atoms with van der Waals surface area (Å²) in [5.41, 5.74) is 0.641. The molecule has 3 atom stereocenters. The van der Waals surface area contributed by atoms with Crippen molar-refractivity contribution in [3.8, 4) is 0 Å². The van der Waals surface area contributed by atoms with Gasteiger partial charge >= 0.3 is 11.9 Å². The number of aliphatic carboxylic acids is 1. The number of ether oxygens (including phenoxy) is 2. The first-order valence-electron chi connectivity index (χ1n) is 12.0. The van der Waals surface area contributed by atoms with Crippen LogP contribution < -0.4 is 5.32 Å². The first kappa shape index (κ1) is 25.2. The third kappa shape index (κ3) is 6.12. The quantitative estimate of drug-likeness (QED) is 0.545. The summed E-state index contributed by atoms with van der Waals surface area (Å²) in [7, 11) is 0. The molecular formula is C25H36N2O6. The molecule has 2 saturated heterocycles. The molecule has 1 spiro atoms. The number of hydrogen-bond donors (Lipinski definition) is 2. The van der Waals surface area contributed by atoms with Gasteiger partial charge in [0.05, 0.1) is 12.6 Å². The maximum absolute atomic E-state index is 13.4. The topological polar surface area (TPSA) is 105 Å². The Morgan fingerprint density at radius 3 is 2.55 bits per heavy atom. The molecule has 1 aromatic rings. The molecule has 182 valence electrons. The number of piperidine rings is 1. The Morgan fingerprint density at radius 1 is 1.21 bits per heavy atom. The molecule has 2 N–H and O–H groups in total. The molecule has 0 radical (unpaired) electrons. The number of rotatable bonds is 9. The fourth-order valence-electron chi connectivity index (χ4n) is 5.22. The van der Waals surface area contributed by atoms with Gasteiger partial charge in [0.1, 0.15) is 12.1 Å². The molecule has 8 nitrogen and oxygen atoms in total. The average Bonchev–Trinajstić information content (AvgIpc) is 2.82. The Hall–Kier alpha value is -2.45. The zero-order valence-electron chi connectivity index (χ0n) is 19.6. The molecule has 8 heteroatoms. The van der Waals surface area contributed by atoms with E-state index >= 15 is 0 Å². The highest BCUT2D eigenvalue weighted by molar-refractivity contribution is 5.88. The summed E-state index contributed by atoms with van der Waals surface area (Å²) < 4.78 is 10.7. The molecule has 2 fully saturated rings. The molecule has 1 unspecified atom stereocenters. The predicted octanol–water partition coefficient (Wildman–Crippen LogP) is 2.40. The van der Waals surface area contributed by atoms with Crippen molar-refractivity contribution in [2.45, 2.75) is 70.5 Å². The second kappa shape index (κ2) is 11.6. The van der Waals surface area contributed by atoms with Crippen molar-refractivity contribution in [1.82, 2.24) is 10.2 Å². The normalized spacial score (nSPS) is 21.9. The maximum Gasteiger partial charge on any atom is 0.327 e. The number of likely N-dealkylation sites (tertiary alicyclic amines) is 1. The lowest BCUT2D eigenvalue weighted by molar-refractivity contribution is -0.166. The van der Waals surface area contributed by atoms with E-state index < -0.39 is 35.5 Å². The zero-order chi connectivity index (χ0) is 23.8. The fraction of sp³-hybridized carbons (Fsp3) is 0.640. The van der Waals surface area contributed by atoms with Crippen LogP contribution in [0.25, 0.3) is 0 Å². The third-order valence-corrected chi connectivity index (χ3v) is 6.93. The summed E-state index contributed by atoms with van der Waals surface area (Å²) in [6, 6.07) is 7.57. The van der Waals surface area contributed by atoms with Crippen molar-refractivity contribution in [3.63, 3.8) is 0 Å². The lowest BCUT2D eigenvalue weighted by atomic mass is 9.67. The van der Waals surface area contributed by atoms with Crippen LogP contribution in [0.5, 0.6) is 0 Å². The fourth-order valence-corrected chi connectivity index (χ4v) is 5.22. The summed E-state index contributed by atoms with van der Waals surface area (Å²) in [5.74, 6) is -1.66. The van der Waals surface area contributed by atoms with E-state index in [2.05, 4.69) is 5.32 Å². The van der Waals surface area contributed by atoms with E-state index in [1.54, 1.807) is 13.8 Å². The standard InChI is InChI=1S/C25H36N2O6/c1-3-33-24(31)20(11-10-19-8-5-4-6-9-19)26-18(2)22(28)27-15-7-12-25(21(27)23(29)30)13-16-32-17-14-25/h4-6,8-9,18,20-21,26H,3,7,10-17H2,1-2H3,(H,29,30)/t18?,20-,21+/m0/s1. The van der Waals surface area contributed by atoms with Gasteiger partial charge < -0.3 is 19.5 Å². The van der Waals surface area contributed by atoms with Crippen LogP contribution in [0.3, 0.4) is 0 Å². The van der Waals surface area contributed by atoms with Gasteiger partial charge in [-0.05, 0) is 57.9 Å². The van der Waals surface area contributed by atoms with Crippen LogP contribution in [-0.2, 0) is 30.3 Å². The minimum atomic E-state index is -0.969. The lowest BCUT2D eigenvalue weighted by Gasteiger charge is -2.50. The van der Waals surface area contributed by atoms with E-state index in [9.17, 15) is 19.5 Å². The van der Waals surface area contributed by atoms with Crippen molar-refractivity contribution >= 4 is 17.8 Å². The van der Waals surface area contributed by atoms with Gasteiger partial charge in [-0.2, -0.15) is 0 Å². The highest BCUT2D eigenvalue weighted by atomic mass is 16.5. The number of esters is 1. The van der Waals surface area contributed by atoms with Gasteiger partial charge in [-0.25, -0.2) is 4.79 Å². The minimum Gasteiger partial charge on any atom is -0.480 e. The van der Waals surface area contributed by atoms with E-state index in [1.165, 1.54) is 4.90 Å². The number of benzene rings is 1. The molecular weight excluding hydrogens is 424 g/mol. The van der Waals surface area contributed by atoms with Gasteiger partial charge in [-0.15, -0.1) is 0 Å². The van der Waals surface area contributed by atoms with E-state index in [0.29, 0.717) is 45.4 Å². The summed E-state index contributed by atoms with van der Waals surface area (Å²) in [6.45, 7) is 5.13. The molecule has 2 aliphatic heterocycles. The monoisotopic (exact) mass is 460 g/mol.